The van der Waals surface area contributed by atoms with Crippen LogP contribution >= 0.6 is 0 Å². The van der Waals surface area contributed by atoms with Crippen LogP contribution in [0.2, 0.25) is 0 Å². The molecule has 0 aliphatic heterocycles. The Morgan fingerprint density at radius 2 is 1.88 bits per heavy atom. The third kappa shape index (κ3) is 4.18. The van der Waals surface area contributed by atoms with Crippen LogP contribution in [0.3, 0.4) is 0 Å². The lowest BCUT2D eigenvalue weighted by molar-refractivity contribution is -0.140. The lowest BCUT2D eigenvalue weighted by Gasteiger charge is -2.36. The first-order valence-electron chi connectivity index (χ1n) is 11.3. The van der Waals surface area contributed by atoms with Gasteiger partial charge in [-0.2, -0.15) is 18.3 Å². The van der Waals surface area contributed by atoms with E-state index >= 15 is 0 Å². The molecule has 5 rings (SSSR count). The van der Waals surface area contributed by atoms with Gasteiger partial charge in [-0.15, -0.1) is 0 Å². The van der Waals surface area contributed by atoms with E-state index in [-0.39, 0.29) is 23.6 Å². The monoisotopic (exact) mass is 460 g/mol. The fourth-order valence-electron chi connectivity index (χ4n) is 4.94. The van der Waals surface area contributed by atoms with Gasteiger partial charge >= 0.3 is 6.18 Å². The van der Waals surface area contributed by atoms with Crippen LogP contribution in [0.4, 0.5) is 19.0 Å². The van der Waals surface area contributed by atoms with E-state index in [0.717, 1.165) is 50.4 Å². The van der Waals surface area contributed by atoms with Crippen molar-refractivity contribution in [3.8, 4) is 0 Å². The zero-order valence-electron chi connectivity index (χ0n) is 18.6. The minimum Gasteiger partial charge on any atom is -0.358 e. The summed E-state index contributed by atoms with van der Waals surface area (Å²) >= 11 is 0. The minimum atomic E-state index is -4.48. The summed E-state index contributed by atoms with van der Waals surface area (Å²) in [7, 11) is 3.78. The zero-order valence-corrected chi connectivity index (χ0v) is 18.6. The molecule has 2 aliphatic rings. The van der Waals surface area contributed by atoms with E-state index in [9.17, 15) is 18.0 Å². The van der Waals surface area contributed by atoms with Crippen molar-refractivity contribution in [3.63, 3.8) is 0 Å². The highest BCUT2D eigenvalue weighted by Crippen LogP contribution is 2.41. The molecule has 176 valence electrons. The number of anilines is 1. The average molecular weight is 461 g/mol. The minimum absolute atomic E-state index is 0.0651. The van der Waals surface area contributed by atoms with Gasteiger partial charge in [0.2, 0.25) is 0 Å². The van der Waals surface area contributed by atoms with Crippen molar-refractivity contribution in [1.82, 2.24) is 24.5 Å². The summed E-state index contributed by atoms with van der Waals surface area (Å²) in [6.07, 6.45) is 3.73. The van der Waals surface area contributed by atoms with Crippen LogP contribution in [0.1, 0.15) is 66.2 Å². The summed E-state index contributed by atoms with van der Waals surface area (Å²) in [6.45, 7) is 0. The quantitative estimate of drug-likeness (QED) is 0.622. The van der Waals surface area contributed by atoms with Gasteiger partial charge < -0.3 is 10.2 Å². The normalized spacial score (nSPS) is 21.4. The first-order chi connectivity index (χ1) is 15.7. The molecule has 3 heterocycles. The van der Waals surface area contributed by atoms with Crippen LogP contribution in [0.15, 0.2) is 30.6 Å². The number of alkyl halides is 3. The molecule has 0 bridgehead atoms. The molecule has 2 fully saturated rings. The lowest BCUT2D eigenvalue weighted by atomic mass is 9.90. The van der Waals surface area contributed by atoms with Crippen molar-refractivity contribution in [3.05, 3.63) is 47.5 Å². The number of imidazole rings is 1. The lowest BCUT2D eigenvalue weighted by Crippen LogP contribution is -2.43. The maximum atomic E-state index is 13.1. The van der Waals surface area contributed by atoms with Crippen LogP contribution in [-0.4, -0.2) is 44.2 Å². The molecule has 33 heavy (non-hydrogen) atoms. The van der Waals surface area contributed by atoms with Gasteiger partial charge in [-0.1, -0.05) is 6.07 Å². The SMILES string of the molecule is Cn1ncc(C(=O)N[C@H]2CC[C@@H](N(C)c3cccc4nc(C(F)(F)F)cn34)CC2)c1C1CC1. The second kappa shape index (κ2) is 8.07. The van der Waals surface area contributed by atoms with Gasteiger partial charge in [-0.25, -0.2) is 4.98 Å². The molecule has 0 radical (unpaired) electrons. The summed E-state index contributed by atoms with van der Waals surface area (Å²) < 4.78 is 42.7. The van der Waals surface area contributed by atoms with Crippen molar-refractivity contribution in [2.24, 2.45) is 7.05 Å². The number of hydrogen-bond acceptors (Lipinski definition) is 4. The van der Waals surface area contributed by atoms with Gasteiger partial charge in [0.15, 0.2) is 5.69 Å². The van der Waals surface area contributed by atoms with Gasteiger partial charge in [-0.3, -0.25) is 13.9 Å². The van der Waals surface area contributed by atoms with Crippen molar-refractivity contribution in [1.29, 1.82) is 0 Å². The Kier molecular flexibility index (Phi) is 5.33. The molecule has 1 N–H and O–H groups in total. The topological polar surface area (TPSA) is 67.5 Å². The second-order valence-corrected chi connectivity index (χ2v) is 9.17. The van der Waals surface area contributed by atoms with Crippen LogP contribution in [0.25, 0.3) is 5.65 Å². The van der Waals surface area contributed by atoms with Crippen molar-refractivity contribution in [2.45, 2.75) is 62.7 Å². The molecule has 3 aromatic heterocycles. The summed E-state index contributed by atoms with van der Waals surface area (Å²) in [4.78, 5) is 18.6. The van der Waals surface area contributed by atoms with Crippen LogP contribution in [0, 0.1) is 0 Å². The number of fused-ring (bicyclic) bond motifs is 1. The van der Waals surface area contributed by atoms with Gasteiger partial charge in [0.25, 0.3) is 5.91 Å². The van der Waals surface area contributed by atoms with E-state index < -0.39 is 11.9 Å². The molecule has 0 atom stereocenters. The number of aryl methyl sites for hydroxylation is 1. The molecule has 7 nitrogen and oxygen atoms in total. The molecule has 3 aromatic rings. The summed E-state index contributed by atoms with van der Waals surface area (Å²) in [5.41, 5.74) is 1.07. The Balaban J connectivity index is 1.24. The van der Waals surface area contributed by atoms with E-state index in [4.69, 9.17) is 0 Å². The predicted molar refractivity (Wildman–Crippen MR) is 117 cm³/mol. The highest BCUT2D eigenvalue weighted by Gasteiger charge is 2.35. The number of carbonyl (C=O) groups is 1. The first-order valence-corrected chi connectivity index (χ1v) is 11.3. The van der Waals surface area contributed by atoms with Crippen molar-refractivity contribution >= 4 is 17.4 Å². The van der Waals surface area contributed by atoms with E-state index in [2.05, 4.69) is 15.4 Å². The second-order valence-electron chi connectivity index (χ2n) is 9.17. The van der Waals surface area contributed by atoms with Gasteiger partial charge in [0, 0.05) is 38.3 Å². The Labute approximate surface area is 189 Å². The zero-order chi connectivity index (χ0) is 23.3. The standard InChI is InChI=1S/C23H27F3N6O/c1-30(20-5-3-4-19-29-18(13-32(19)20)23(24,25)26)16-10-8-15(9-11-16)28-22(33)17-12-27-31(2)21(17)14-6-7-14/h3-5,12-16H,6-11H2,1-2H3,(H,28,33)/t15-,16+. The Morgan fingerprint density at radius 3 is 2.55 bits per heavy atom. The molecule has 0 aromatic carbocycles. The maximum Gasteiger partial charge on any atom is 0.434 e. The Bertz CT molecular complexity index is 1170. The van der Waals surface area contributed by atoms with Crippen molar-refractivity contribution < 1.29 is 18.0 Å². The Hall–Kier alpha value is -3.04. The molecule has 1 amide bonds. The van der Waals surface area contributed by atoms with E-state index in [1.54, 1.807) is 23.0 Å². The third-order valence-corrected chi connectivity index (χ3v) is 6.90. The summed E-state index contributed by atoms with van der Waals surface area (Å²) in [6, 6.07) is 5.36. The largest absolute Gasteiger partial charge is 0.434 e. The molecule has 2 saturated carbocycles. The maximum absolute atomic E-state index is 13.1. The summed E-state index contributed by atoms with van der Waals surface area (Å²) in [5, 5.41) is 7.44. The van der Waals surface area contributed by atoms with E-state index in [1.807, 2.05) is 25.1 Å². The smallest absolute Gasteiger partial charge is 0.358 e. The number of carbonyl (C=O) groups excluding carboxylic acids is 1. The number of amides is 1. The van der Waals surface area contributed by atoms with E-state index in [0.29, 0.717) is 17.3 Å². The number of hydrogen-bond donors (Lipinski definition) is 1. The number of halogens is 3. The Morgan fingerprint density at radius 1 is 1.15 bits per heavy atom. The first kappa shape index (κ1) is 21.8. The van der Waals surface area contributed by atoms with Gasteiger partial charge in [0.1, 0.15) is 11.5 Å². The predicted octanol–water partition coefficient (Wildman–Crippen LogP) is 4.14. The van der Waals surface area contributed by atoms with Crippen LogP contribution < -0.4 is 10.2 Å². The highest BCUT2D eigenvalue weighted by molar-refractivity contribution is 5.95. The number of nitrogens with zero attached hydrogens (tertiary/aromatic N) is 5. The number of rotatable bonds is 5. The fraction of sp³-hybridized carbons (Fsp3) is 0.522. The number of pyridine rings is 1. The molecular weight excluding hydrogens is 433 g/mol. The van der Waals surface area contributed by atoms with Crippen molar-refractivity contribution in [2.75, 3.05) is 11.9 Å². The van der Waals surface area contributed by atoms with E-state index in [1.165, 1.54) is 4.40 Å². The summed E-state index contributed by atoms with van der Waals surface area (Å²) in [5.74, 6) is 1.04. The molecule has 0 spiro atoms. The molecule has 0 unspecified atom stereocenters. The molecule has 2 aliphatic carbocycles. The van der Waals surface area contributed by atoms with Crippen LogP contribution in [-0.2, 0) is 13.2 Å². The van der Waals surface area contributed by atoms with Gasteiger partial charge in [0.05, 0.1) is 17.5 Å². The molecule has 10 heteroatoms. The molecule has 0 saturated heterocycles. The third-order valence-electron chi connectivity index (χ3n) is 6.90. The average Bonchev–Trinajstić information content (AvgIpc) is 3.37. The molecular formula is C23H27F3N6O. The highest BCUT2D eigenvalue weighted by atomic mass is 19.4. The van der Waals surface area contributed by atoms with Gasteiger partial charge in [-0.05, 0) is 50.7 Å². The number of nitrogens with one attached hydrogen (secondary N) is 1. The number of aromatic nitrogens is 4. The van der Waals surface area contributed by atoms with Crippen LogP contribution in [0.5, 0.6) is 0 Å². The fourth-order valence-corrected chi connectivity index (χ4v) is 4.94.